The number of hydrogen-bond acceptors (Lipinski definition) is 3. The van der Waals surface area contributed by atoms with Crippen LogP contribution >= 0.6 is 0 Å². The molecule has 0 saturated carbocycles. The highest BCUT2D eigenvalue weighted by atomic mass is 16.5. The van der Waals surface area contributed by atoms with Crippen LogP contribution in [0.2, 0.25) is 0 Å². The number of anilines is 1. The van der Waals surface area contributed by atoms with Crippen molar-refractivity contribution in [3.63, 3.8) is 0 Å². The Kier molecular flexibility index (Phi) is 5.49. The summed E-state index contributed by atoms with van der Waals surface area (Å²) in [5, 5.41) is 7.56. The second-order valence-corrected chi connectivity index (χ2v) is 5.72. The number of ether oxygens (including phenoxy) is 1. The first-order valence-electron chi connectivity index (χ1n) is 8.46. The van der Waals surface area contributed by atoms with Crippen LogP contribution in [0.25, 0.3) is 10.8 Å². The minimum Gasteiger partial charge on any atom is -0.493 e. The fourth-order valence-electron chi connectivity index (χ4n) is 2.66. The Morgan fingerprint density at radius 1 is 0.923 bits per heavy atom. The summed E-state index contributed by atoms with van der Waals surface area (Å²) in [6.45, 7) is 2.20. The van der Waals surface area contributed by atoms with Crippen molar-refractivity contribution in [2.24, 2.45) is 0 Å². The lowest BCUT2D eigenvalue weighted by molar-refractivity contribution is -0.115. The normalized spacial score (nSPS) is 10.3. The van der Waals surface area contributed by atoms with Crippen molar-refractivity contribution in [1.82, 2.24) is 5.32 Å². The lowest BCUT2D eigenvalue weighted by atomic mass is 10.1. The van der Waals surface area contributed by atoms with Gasteiger partial charge >= 0.3 is 0 Å². The van der Waals surface area contributed by atoms with Gasteiger partial charge in [0, 0.05) is 5.69 Å². The van der Waals surface area contributed by atoms with E-state index in [1.807, 2.05) is 49.4 Å². The van der Waals surface area contributed by atoms with Gasteiger partial charge < -0.3 is 15.4 Å². The fourth-order valence-corrected chi connectivity index (χ4v) is 2.66. The number of carbonyl (C=O) groups excluding carboxylic acids is 2. The largest absolute Gasteiger partial charge is 0.493 e. The zero-order valence-corrected chi connectivity index (χ0v) is 14.5. The van der Waals surface area contributed by atoms with Crippen LogP contribution in [0.15, 0.2) is 66.7 Å². The molecular formula is C21H20N2O3. The molecule has 5 nitrogen and oxygen atoms in total. The molecule has 3 aromatic rings. The van der Waals surface area contributed by atoms with Gasteiger partial charge in [0.05, 0.1) is 18.7 Å². The van der Waals surface area contributed by atoms with Crippen LogP contribution in [-0.2, 0) is 4.79 Å². The predicted molar refractivity (Wildman–Crippen MR) is 103 cm³/mol. The highest BCUT2D eigenvalue weighted by Crippen LogP contribution is 2.19. The summed E-state index contributed by atoms with van der Waals surface area (Å²) in [6, 6.07) is 20.6. The molecule has 0 heterocycles. The van der Waals surface area contributed by atoms with Gasteiger partial charge in [-0.05, 0) is 42.0 Å². The van der Waals surface area contributed by atoms with Crippen LogP contribution in [-0.4, -0.2) is 25.0 Å². The molecule has 2 amide bonds. The minimum atomic E-state index is -0.345. The Labute approximate surface area is 152 Å². The molecular weight excluding hydrogens is 328 g/mol. The summed E-state index contributed by atoms with van der Waals surface area (Å²) in [7, 11) is 0. The second-order valence-electron chi connectivity index (χ2n) is 5.72. The number of nitrogens with one attached hydrogen (secondary N) is 2. The first-order chi connectivity index (χ1) is 12.7. The molecule has 0 fully saturated rings. The maximum absolute atomic E-state index is 12.3. The molecule has 3 aromatic carbocycles. The molecule has 0 aliphatic rings. The molecule has 132 valence electrons. The van der Waals surface area contributed by atoms with Crippen LogP contribution < -0.4 is 15.4 Å². The van der Waals surface area contributed by atoms with E-state index in [9.17, 15) is 9.59 Å². The van der Waals surface area contributed by atoms with Crippen molar-refractivity contribution in [1.29, 1.82) is 0 Å². The molecule has 2 N–H and O–H groups in total. The average Bonchev–Trinajstić information content (AvgIpc) is 2.67. The third-order valence-electron chi connectivity index (χ3n) is 3.87. The number of para-hydroxylation sites is 1. The van der Waals surface area contributed by atoms with E-state index in [-0.39, 0.29) is 18.4 Å². The molecule has 5 heteroatoms. The minimum absolute atomic E-state index is 0.119. The summed E-state index contributed by atoms with van der Waals surface area (Å²) >= 11 is 0. The van der Waals surface area contributed by atoms with E-state index >= 15 is 0 Å². The van der Waals surface area contributed by atoms with E-state index in [4.69, 9.17) is 4.74 Å². The number of fused-ring (bicyclic) bond motifs is 1. The number of benzene rings is 3. The molecule has 0 aliphatic carbocycles. The first kappa shape index (κ1) is 17.5. The maximum atomic E-state index is 12.3. The molecule has 0 saturated heterocycles. The van der Waals surface area contributed by atoms with Gasteiger partial charge in [0.15, 0.2) is 0 Å². The zero-order valence-electron chi connectivity index (χ0n) is 14.5. The zero-order chi connectivity index (χ0) is 18.4. The van der Waals surface area contributed by atoms with Crippen LogP contribution in [0, 0.1) is 0 Å². The van der Waals surface area contributed by atoms with Gasteiger partial charge in [-0.3, -0.25) is 9.59 Å². The summed E-state index contributed by atoms with van der Waals surface area (Å²) < 4.78 is 5.44. The Balaban J connectivity index is 1.60. The van der Waals surface area contributed by atoms with Crippen molar-refractivity contribution in [2.75, 3.05) is 18.5 Å². The SMILES string of the molecule is CCOc1ccccc1C(=O)NCC(=O)Nc1ccc2ccccc2c1. The molecule has 26 heavy (non-hydrogen) atoms. The van der Waals surface area contributed by atoms with Gasteiger partial charge in [0.25, 0.3) is 5.91 Å². The Bertz CT molecular complexity index is 937. The number of rotatable bonds is 6. The quantitative estimate of drug-likeness (QED) is 0.715. The van der Waals surface area contributed by atoms with Gasteiger partial charge in [-0.2, -0.15) is 0 Å². The highest BCUT2D eigenvalue weighted by Gasteiger charge is 2.13. The topological polar surface area (TPSA) is 67.4 Å². The summed E-state index contributed by atoms with van der Waals surface area (Å²) in [6.07, 6.45) is 0. The number of hydrogen-bond donors (Lipinski definition) is 2. The highest BCUT2D eigenvalue weighted by molar-refractivity contribution is 6.01. The maximum Gasteiger partial charge on any atom is 0.255 e. The van der Waals surface area contributed by atoms with Crippen molar-refractivity contribution in [3.8, 4) is 5.75 Å². The van der Waals surface area contributed by atoms with Crippen LogP contribution in [0.1, 0.15) is 17.3 Å². The van der Waals surface area contributed by atoms with E-state index in [2.05, 4.69) is 10.6 Å². The Morgan fingerprint density at radius 3 is 2.46 bits per heavy atom. The number of carbonyl (C=O) groups is 2. The van der Waals surface area contributed by atoms with E-state index in [0.717, 1.165) is 10.8 Å². The average molecular weight is 348 g/mol. The molecule has 0 aliphatic heterocycles. The third-order valence-corrected chi connectivity index (χ3v) is 3.87. The van der Waals surface area contributed by atoms with E-state index < -0.39 is 0 Å². The summed E-state index contributed by atoms with van der Waals surface area (Å²) in [5.41, 5.74) is 1.10. The van der Waals surface area contributed by atoms with Crippen LogP contribution in [0.3, 0.4) is 0 Å². The Hall–Kier alpha value is -3.34. The molecule has 0 spiro atoms. The molecule has 3 rings (SSSR count). The van der Waals surface area contributed by atoms with Crippen LogP contribution in [0.4, 0.5) is 5.69 Å². The Morgan fingerprint density at radius 2 is 1.65 bits per heavy atom. The first-order valence-corrected chi connectivity index (χ1v) is 8.46. The van der Waals surface area contributed by atoms with Gasteiger partial charge in [-0.25, -0.2) is 0 Å². The van der Waals surface area contributed by atoms with Gasteiger partial charge in [-0.1, -0.05) is 42.5 Å². The predicted octanol–water partition coefficient (Wildman–Crippen LogP) is 3.61. The lowest BCUT2D eigenvalue weighted by Crippen LogP contribution is -2.33. The van der Waals surface area contributed by atoms with Crippen molar-refractivity contribution < 1.29 is 14.3 Å². The van der Waals surface area contributed by atoms with Crippen molar-refractivity contribution in [2.45, 2.75) is 6.92 Å². The van der Waals surface area contributed by atoms with E-state index in [1.54, 1.807) is 24.3 Å². The standard InChI is InChI=1S/C21H20N2O3/c1-2-26-19-10-6-5-9-18(19)21(25)22-14-20(24)23-17-12-11-15-7-3-4-8-16(15)13-17/h3-13H,2,14H2,1H3,(H,22,25)(H,23,24). The van der Waals surface area contributed by atoms with Gasteiger partial charge in [-0.15, -0.1) is 0 Å². The molecule has 0 unspecified atom stereocenters. The molecule has 0 aromatic heterocycles. The molecule has 0 atom stereocenters. The monoisotopic (exact) mass is 348 g/mol. The third kappa shape index (κ3) is 4.19. The number of amides is 2. The smallest absolute Gasteiger partial charge is 0.255 e. The van der Waals surface area contributed by atoms with Crippen molar-refractivity contribution >= 4 is 28.3 Å². The van der Waals surface area contributed by atoms with Gasteiger partial charge in [0.2, 0.25) is 5.91 Å². The summed E-state index contributed by atoms with van der Waals surface area (Å²) in [5.74, 6) is -0.132. The molecule has 0 bridgehead atoms. The van der Waals surface area contributed by atoms with Gasteiger partial charge in [0.1, 0.15) is 5.75 Å². The van der Waals surface area contributed by atoms with E-state index in [1.165, 1.54) is 0 Å². The fraction of sp³-hybridized carbons (Fsp3) is 0.143. The van der Waals surface area contributed by atoms with Crippen molar-refractivity contribution in [3.05, 3.63) is 72.3 Å². The van der Waals surface area contributed by atoms with Crippen LogP contribution in [0.5, 0.6) is 5.75 Å². The lowest BCUT2D eigenvalue weighted by Gasteiger charge is -2.11. The molecule has 0 radical (unpaired) electrons. The van der Waals surface area contributed by atoms with E-state index in [0.29, 0.717) is 23.6 Å². The summed E-state index contributed by atoms with van der Waals surface area (Å²) in [4.78, 5) is 24.4. The second kappa shape index (κ2) is 8.16.